The van der Waals surface area contributed by atoms with Crippen LogP contribution in [0.25, 0.3) is 0 Å². The molecule has 1 N–H and O–H groups in total. The molecule has 0 spiro atoms. The lowest BCUT2D eigenvalue weighted by atomic mass is 10.0. The second kappa shape index (κ2) is 8.60. The Hall–Kier alpha value is -3.43. The molecule has 2 aromatic carbocycles. The smallest absolute Gasteiger partial charge is 0.262 e. The summed E-state index contributed by atoms with van der Waals surface area (Å²) in [5.74, 6) is -1.43. The fourth-order valence-corrected chi connectivity index (χ4v) is 4.84. The molecule has 0 radical (unpaired) electrons. The Morgan fingerprint density at radius 2 is 1.75 bits per heavy atom. The van der Waals surface area contributed by atoms with Gasteiger partial charge < -0.3 is 4.74 Å². The number of rotatable bonds is 6. The lowest BCUT2D eigenvalue weighted by Crippen LogP contribution is -2.48. The molecule has 0 bridgehead atoms. The molecule has 2 aliphatic heterocycles. The third-order valence-electron chi connectivity index (χ3n) is 5.59. The number of carbonyl (C=O) groups is 3. The van der Waals surface area contributed by atoms with E-state index in [4.69, 9.17) is 4.74 Å². The van der Waals surface area contributed by atoms with Crippen molar-refractivity contribution < 1.29 is 19.1 Å². The topological polar surface area (TPSA) is 101 Å². The van der Waals surface area contributed by atoms with Gasteiger partial charge in [-0.15, -0.1) is 10.2 Å². The molecular formula is C23H20N4O4S. The van der Waals surface area contributed by atoms with E-state index < -0.39 is 23.8 Å². The molecule has 2 unspecified atom stereocenters. The SMILES string of the molecule is O=C(Nc1nnc(C2CCCO2)s1)C(Cc1ccccc1)N1C(=O)c2ccccc2C1=O. The van der Waals surface area contributed by atoms with Crippen LogP contribution < -0.4 is 5.32 Å². The number of aromatic nitrogens is 2. The number of anilines is 1. The quantitative estimate of drug-likeness (QED) is 0.581. The van der Waals surface area contributed by atoms with Crippen molar-refractivity contribution in [2.45, 2.75) is 31.4 Å². The Labute approximate surface area is 188 Å². The van der Waals surface area contributed by atoms with Gasteiger partial charge in [0.25, 0.3) is 11.8 Å². The van der Waals surface area contributed by atoms with E-state index in [0.29, 0.717) is 27.9 Å². The molecule has 3 amide bonds. The average molecular weight is 449 g/mol. The van der Waals surface area contributed by atoms with Gasteiger partial charge in [0.2, 0.25) is 11.0 Å². The first-order chi connectivity index (χ1) is 15.6. The van der Waals surface area contributed by atoms with Crippen molar-refractivity contribution >= 4 is 34.2 Å². The first-order valence-electron chi connectivity index (χ1n) is 10.4. The van der Waals surface area contributed by atoms with E-state index in [0.717, 1.165) is 23.3 Å². The van der Waals surface area contributed by atoms with Crippen LogP contribution in [0.4, 0.5) is 5.13 Å². The molecule has 1 aromatic heterocycles. The molecule has 1 fully saturated rings. The summed E-state index contributed by atoms with van der Waals surface area (Å²) in [5, 5.41) is 12.0. The molecule has 2 atom stereocenters. The second-order valence-electron chi connectivity index (χ2n) is 7.67. The van der Waals surface area contributed by atoms with Gasteiger partial charge in [0, 0.05) is 13.0 Å². The molecule has 2 aliphatic rings. The van der Waals surface area contributed by atoms with Crippen LogP contribution in [-0.2, 0) is 16.0 Å². The van der Waals surface area contributed by atoms with Gasteiger partial charge in [-0.25, -0.2) is 0 Å². The number of ether oxygens (including phenoxy) is 1. The number of benzene rings is 2. The summed E-state index contributed by atoms with van der Waals surface area (Å²) < 4.78 is 5.63. The minimum Gasteiger partial charge on any atom is -0.371 e. The fraction of sp³-hybridized carbons (Fsp3) is 0.261. The van der Waals surface area contributed by atoms with Gasteiger partial charge in [-0.1, -0.05) is 53.8 Å². The monoisotopic (exact) mass is 448 g/mol. The van der Waals surface area contributed by atoms with Gasteiger partial charge in [0.1, 0.15) is 17.2 Å². The zero-order valence-electron chi connectivity index (χ0n) is 17.1. The number of amides is 3. The van der Waals surface area contributed by atoms with Crippen molar-refractivity contribution in [3.05, 3.63) is 76.3 Å². The number of imide groups is 1. The molecule has 0 aliphatic carbocycles. The number of fused-ring (bicyclic) bond motifs is 1. The van der Waals surface area contributed by atoms with Crippen molar-refractivity contribution in [2.75, 3.05) is 11.9 Å². The summed E-state index contributed by atoms with van der Waals surface area (Å²) in [6, 6.07) is 14.9. The van der Waals surface area contributed by atoms with Gasteiger partial charge in [0.05, 0.1) is 11.1 Å². The van der Waals surface area contributed by atoms with E-state index in [1.807, 2.05) is 30.3 Å². The zero-order valence-corrected chi connectivity index (χ0v) is 17.9. The maximum absolute atomic E-state index is 13.3. The molecular weight excluding hydrogens is 428 g/mol. The van der Waals surface area contributed by atoms with Crippen molar-refractivity contribution in [1.29, 1.82) is 0 Å². The number of nitrogens with one attached hydrogen (secondary N) is 1. The minimum absolute atomic E-state index is 0.102. The molecule has 9 heteroatoms. The summed E-state index contributed by atoms with van der Waals surface area (Å²) in [6.07, 6.45) is 1.92. The van der Waals surface area contributed by atoms with Crippen molar-refractivity contribution in [3.8, 4) is 0 Å². The van der Waals surface area contributed by atoms with Crippen LogP contribution in [0.2, 0.25) is 0 Å². The van der Waals surface area contributed by atoms with Crippen molar-refractivity contribution in [1.82, 2.24) is 15.1 Å². The van der Waals surface area contributed by atoms with Crippen LogP contribution in [0.3, 0.4) is 0 Å². The van der Waals surface area contributed by atoms with Crippen LogP contribution in [0, 0.1) is 0 Å². The van der Waals surface area contributed by atoms with E-state index >= 15 is 0 Å². The third kappa shape index (κ3) is 3.80. The predicted molar refractivity (Wildman–Crippen MR) is 117 cm³/mol. The molecule has 3 heterocycles. The van der Waals surface area contributed by atoms with E-state index in [1.165, 1.54) is 11.3 Å². The molecule has 162 valence electrons. The van der Waals surface area contributed by atoms with Gasteiger partial charge in [-0.3, -0.25) is 24.6 Å². The molecule has 8 nitrogen and oxygen atoms in total. The van der Waals surface area contributed by atoms with Gasteiger partial charge >= 0.3 is 0 Å². The molecule has 3 aromatic rings. The van der Waals surface area contributed by atoms with Crippen molar-refractivity contribution in [3.63, 3.8) is 0 Å². The molecule has 5 rings (SSSR count). The Morgan fingerprint density at radius 1 is 1.06 bits per heavy atom. The van der Waals surface area contributed by atoms with Crippen LogP contribution in [0.15, 0.2) is 54.6 Å². The largest absolute Gasteiger partial charge is 0.371 e. The highest BCUT2D eigenvalue weighted by molar-refractivity contribution is 7.15. The van der Waals surface area contributed by atoms with E-state index in [9.17, 15) is 14.4 Å². The van der Waals surface area contributed by atoms with Gasteiger partial charge in [0.15, 0.2) is 0 Å². The Kier molecular flexibility index (Phi) is 5.50. The first-order valence-corrected chi connectivity index (χ1v) is 11.2. The number of carbonyl (C=O) groups excluding carboxylic acids is 3. The lowest BCUT2D eigenvalue weighted by molar-refractivity contribution is -0.119. The van der Waals surface area contributed by atoms with Crippen LogP contribution in [0.5, 0.6) is 0 Å². The first kappa shape index (κ1) is 20.5. The Balaban J connectivity index is 1.42. The summed E-state index contributed by atoms with van der Waals surface area (Å²) in [6.45, 7) is 0.685. The summed E-state index contributed by atoms with van der Waals surface area (Å²) in [7, 11) is 0. The zero-order chi connectivity index (χ0) is 22.1. The minimum atomic E-state index is -1.03. The molecule has 1 saturated heterocycles. The Morgan fingerprint density at radius 3 is 2.41 bits per heavy atom. The van der Waals surface area contributed by atoms with E-state index in [2.05, 4.69) is 15.5 Å². The van der Waals surface area contributed by atoms with Crippen LogP contribution in [-0.4, -0.2) is 45.5 Å². The summed E-state index contributed by atoms with van der Waals surface area (Å²) in [4.78, 5) is 40.5. The fourth-order valence-electron chi connectivity index (χ4n) is 4.01. The van der Waals surface area contributed by atoms with Gasteiger partial charge in [-0.2, -0.15) is 0 Å². The highest BCUT2D eigenvalue weighted by Crippen LogP contribution is 2.32. The van der Waals surface area contributed by atoms with E-state index in [-0.39, 0.29) is 12.5 Å². The third-order valence-corrected chi connectivity index (χ3v) is 6.52. The normalized spacial score (nSPS) is 18.6. The maximum Gasteiger partial charge on any atom is 0.262 e. The van der Waals surface area contributed by atoms with Gasteiger partial charge in [-0.05, 0) is 30.5 Å². The number of hydrogen-bond donors (Lipinski definition) is 1. The highest BCUT2D eigenvalue weighted by Gasteiger charge is 2.42. The lowest BCUT2D eigenvalue weighted by Gasteiger charge is -2.25. The summed E-state index contributed by atoms with van der Waals surface area (Å²) >= 11 is 1.25. The second-order valence-corrected chi connectivity index (χ2v) is 8.68. The number of nitrogens with zero attached hydrogens (tertiary/aromatic N) is 3. The average Bonchev–Trinajstić information content (AvgIpc) is 3.55. The van der Waals surface area contributed by atoms with Crippen molar-refractivity contribution in [2.24, 2.45) is 0 Å². The standard InChI is InChI=1S/C23H20N4O4S/c28-19(24-23-26-25-20(32-23)18-11-6-12-31-18)17(13-14-7-2-1-3-8-14)27-21(29)15-9-4-5-10-16(15)22(27)30/h1-5,7-10,17-18H,6,11-13H2,(H,24,26,28). The van der Waals surface area contributed by atoms with E-state index in [1.54, 1.807) is 24.3 Å². The highest BCUT2D eigenvalue weighted by atomic mass is 32.1. The molecule has 0 saturated carbocycles. The Bertz CT molecular complexity index is 1140. The predicted octanol–water partition coefficient (Wildman–Crippen LogP) is 3.24. The number of hydrogen-bond acceptors (Lipinski definition) is 7. The molecule has 32 heavy (non-hydrogen) atoms. The van der Waals surface area contributed by atoms with Crippen LogP contribution >= 0.6 is 11.3 Å². The maximum atomic E-state index is 13.3. The summed E-state index contributed by atoms with van der Waals surface area (Å²) in [5.41, 5.74) is 1.45. The van der Waals surface area contributed by atoms with Crippen LogP contribution in [0.1, 0.15) is 50.2 Å².